The number of nitrogens with zero attached hydrogens (tertiary/aromatic N) is 1. The monoisotopic (exact) mass is 317 g/mol. The Morgan fingerprint density at radius 2 is 1.91 bits per heavy atom. The predicted molar refractivity (Wildman–Crippen MR) is 83.6 cm³/mol. The Bertz CT molecular complexity index is 665. The van der Waals surface area contributed by atoms with E-state index >= 15 is 0 Å². The molecule has 0 spiro atoms. The van der Waals surface area contributed by atoms with E-state index in [4.69, 9.17) is 14.3 Å². The highest BCUT2D eigenvalue weighted by molar-refractivity contribution is 5.93. The van der Waals surface area contributed by atoms with Crippen molar-refractivity contribution in [1.29, 1.82) is 0 Å². The number of ether oxygens (including phenoxy) is 1. The van der Waals surface area contributed by atoms with Crippen molar-refractivity contribution in [3.8, 4) is 11.7 Å². The first-order valence-electron chi connectivity index (χ1n) is 7.36. The molecule has 1 unspecified atom stereocenters. The summed E-state index contributed by atoms with van der Waals surface area (Å²) in [5.41, 5.74) is 0. The fourth-order valence-corrected chi connectivity index (χ4v) is 2.03. The van der Waals surface area contributed by atoms with E-state index in [1.54, 1.807) is 19.1 Å². The number of carbonyl (C=O) groups excluding carboxylic acids is 1. The van der Waals surface area contributed by atoms with Crippen LogP contribution in [0, 0.1) is 0 Å². The van der Waals surface area contributed by atoms with Crippen LogP contribution in [0.15, 0.2) is 46.9 Å². The Hall–Kier alpha value is -2.76. The van der Waals surface area contributed by atoms with Crippen LogP contribution in [0.5, 0.6) is 11.7 Å². The van der Waals surface area contributed by atoms with Gasteiger partial charge in [-0.1, -0.05) is 25.1 Å². The summed E-state index contributed by atoms with van der Waals surface area (Å²) >= 11 is 0. The molecular weight excluding hydrogens is 298 g/mol. The van der Waals surface area contributed by atoms with Crippen LogP contribution in [0.3, 0.4) is 0 Å². The van der Waals surface area contributed by atoms with Gasteiger partial charge in [0, 0.05) is 12.1 Å². The van der Waals surface area contributed by atoms with E-state index < -0.39 is 11.9 Å². The number of aliphatic carboxylic acids is 1. The summed E-state index contributed by atoms with van der Waals surface area (Å²) in [7, 11) is 0. The van der Waals surface area contributed by atoms with Gasteiger partial charge >= 0.3 is 5.97 Å². The molecule has 2 rings (SSSR count). The van der Waals surface area contributed by atoms with E-state index in [9.17, 15) is 9.59 Å². The fourth-order valence-electron chi connectivity index (χ4n) is 2.03. The quantitative estimate of drug-likeness (QED) is 0.846. The van der Waals surface area contributed by atoms with Gasteiger partial charge in [-0.2, -0.15) is 0 Å². The van der Waals surface area contributed by atoms with E-state index in [1.807, 2.05) is 25.1 Å². The van der Waals surface area contributed by atoms with Gasteiger partial charge in [0.15, 0.2) is 5.76 Å². The van der Waals surface area contributed by atoms with Crippen LogP contribution in [-0.2, 0) is 4.79 Å². The van der Waals surface area contributed by atoms with Gasteiger partial charge in [0.1, 0.15) is 12.3 Å². The van der Waals surface area contributed by atoms with Crippen molar-refractivity contribution in [3.63, 3.8) is 0 Å². The van der Waals surface area contributed by atoms with Gasteiger partial charge in [0.25, 0.3) is 11.9 Å². The van der Waals surface area contributed by atoms with Gasteiger partial charge in [-0.15, -0.1) is 0 Å². The number of amides is 1. The molecule has 6 nitrogen and oxygen atoms in total. The maximum Gasteiger partial charge on any atom is 0.323 e. The zero-order chi connectivity index (χ0) is 16.8. The van der Waals surface area contributed by atoms with Gasteiger partial charge in [0.2, 0.25) is 0 Å². The van der Waals surface area contributed by atoms with Gasteiger partial charge in [0.05, 0.1) is 0 Å². The third kappa shape index (κ3) is 4.35. The molecular formula is C17H19NO5. The molecule has 1 heterocycles. The zero-order valence-electron chi connectivity index (χ0n) is 13.1. The maximum atomic E-state index is 12.5. The second-order valence-corrected chi connectivity index (χ2v) is 5.12. The van der Waals surface area contributed by atoms with Gasteiger partial charge in [-0.3, -0.25) is 9.59 Å². The number of hydrogen-bond donors (Lipinski definition) is 1. The number of carbonyl (C=O) groups is 2. The Morgan fingerprint density at radius 1 is 1.22 bits per heavy atom. The van der Waals surface area contributed by atoms with Crippen molar-refractivity contribution in [1.82, 2.24) is 4.90 Å². The molecule has 122 valence electrons. The third-order valence-corrected chi connectivity index (χ3v) is 3.44. The molecule has 0 aliphatic carbocycles. The topological polar surface area (TPSA) is 80.0 Å². The molecule has 2 aromatic rings. The summed E-state index contributed by atoms with van der Waals surface area (Å²) in [6, 6.07) is 11.8. The molecule has 0 aliphatic heterocycles. The Balaban J connectivity index is 2.14. The lowest BCUT2D eigenvalue weighted by Gasteiger charge is -2.25. The molecule has 0 radical (unpaired) electrons. The number of carboxylic acids is 1. The smallest absolute Gasteiger partial charge is 0.323 e. The average molecular weight is 317 g/mol. The number of furan rings is 1. The van der Waals surface area contributed by atoms with Gasteiger partial charge in [-0.25, -0.2) is 0 Å². The summed E-state index contributed by atoms with van der Waals surface area (Å²) in [6.45, 7) is 3.31. The summed E-state index contributed by atoms with van der Waals surface area (Å²) in [5.74, 6) is -0.711. The van der Waals surface area contributed by atoms with Crippen LogP contribution >= 0.6 is 0 Å². The van der Waals surface area contributed by atoms with E-state index in [0.717, 1.165) is 0 Å². The highest BCUT2D eigenvalue weighted by Crippen LogP contribution is 2.24. The third-order valence-electron chi connectivity index (χ3n) is 3.44. The Kier molecular flexibility index (Phi) is 5.41. The van der Waals surface area contributed by atoms with Crippen LogP contribution in [0.1, 0.15) is 30.8 Å². The Labute approximate surface area is 134 Å². The van der Waals surface area contributed by atoms with E-state index in [1.165, 1.54) is 17.0 Å². The first-order chi connectivity index (χ1) is 11.0. The lowest BCUT2D eigenvalue weighted by molar-refractivity contribution is -0.138. The van der Waals surface area contributed by atoms with Crippen molar-refractivity contribution >= 4 is 11.9 Å². The molecule has 1 aromatic heterocycles. The number of benzene rings is 1. The minimum absolute atomic E-state index is 0.0532. The predicted octanol–water partition coefficient (Wildman–Crippen LogP) is 3.40. The molecule has 0 bridgehead atoms. The minimum Gasteiger partial charge on any atom is -0.480 e. The Morgan fingerprint density at radius 3 is 2.52 bits per heavy atom. The van der Waals surface area contributed by atoms with Crippen LogP contribution < -0.4 is 4.74 Å². The molecule has 6 heteroatoms. The second kappa shape index (κ2) is 7.49. The molecule has 1 aromatic carbocycles. The fraction of sp³-hybridized carbons (Fsp3) is 0.294. The number of carboxylic acid groups (broad SMARTS) is 1. The van der Waals surface area contributed by atoms with Crippen molar-refractivity contribution in [2.24, 2.45) is 0 Å². The van der Waals surface area contributed by atoms with Crippen LogP contribution in [0.2, 0.25) is 0 Å². The number of hydrogen-bond acceptors (Lipinski definition) is 4. The maximum absolute atomic E-state index is 12.5. The van der Waals surface area contributed by atoms with Crippen molar-refractivity contribution < 1.29 is 23.8 Å². The molecule has 0 saturated carbocycles. The first kappa shape index (κ1) is 16.6. The van der Waals surface area contributed by atoms with E-state index in [0.29, 0.717) is 12.2 Å². The van der Waals surface area contributed by atoms with Crippen molar-refractivity contribution in [2.45, 2.75) is 26.3 Å². The summed E-state index contributed by atoms with van der Waals surface area (Å²) < 4.78 is 10.9. The molecule has 1 N–H and O–H groups in total. The normalized spacial score (nSPS) is 11.7. The molecule has 1 atom stereocenters. The van der Waals surface area contributed by atoms with Crippen LogP contribution in [0.4, 0.5) is 0 Å². The van der Waals surface area contributed by atoms with Gasteiger partial charge in [-0.05, 0) is 31.5 Å². The number of para-hydroxylation sites is 1. The average Bonchev–Trinajstić information content (AvgIpc) is 3.00. The van der Waals surface area contributed by atoms with Crippen molar-refractivity contribution in [3.05, 3.63) is 48.2 Å². The SMILES string of the molecule is CCC(C)N(CC(=O)O)C(=O)c1ccc(Oc2ccccc2)o1. The summed E-state index contributed by atoms with van der Waals surface area (Å²) in [4.78, 5) is 24.7. The standard InChI is InChI=1S/C17H19NO5/c1-3-12(2)18(11-15(19)20)17(21)14-9-10-16(23-14)22-13-7-5-4-6-8-13/h4-10,12H,3,11H2,1-2H3,(H,19,20). The summed E-state index contributed by atoms with van der Waals surface area (Å²) in [5, 5.41) is 8.97. The second-order valence-electron chi connectivity index (χ2n) is 5.12. The summed E-state index contributed by atoms with van der Waals surface area (Å²) in [6.07, 6.45) is 0.646. The van der Waals surface area contributed by atoms with Gasteiger partial charge < -0.3 is 19.2 Å². The van der Waals surface area contributed by atoms with E-state index in [2.05, 4.69) is 0 Å². The molecule has 23 heavy (non-hydrogen) atoms. The van der Waals surface area contributed by atoms with E-state index in [-0.39, 0.29) is 24.3 Å². The lowest BCUT2D eigenvalue weighted by Crippen LogP contribution is -2.41. The molecule has 0 saturated heterocycles. The largest absolute Gasteiger partial charge is 0.480 e. The highest BCUT2D eigenvalue weighted by Gasteiger charge is 2.25. The molecule has 0 fully saturated rings. The molecule has 1 amide bonds. The highest BCUT2D eigenvalue weighted by atomic mass is 16.6. The van der Waals surface area contributed by atoms with Crippen molar-refractivity contribution in [2.75, 3.05) is 6.54 Å². The molecule has 0 aliphatic rings. The zero-order valence-corrected chi connectivity index (χ0v) is 13.1. The lowest BCUT2D eigenvalue weighted by atomic mass is 10.2. The minimum atomic E-state index is -1.06. The number of rotatable bonds is 7. The van der Waals surface area contributed by atoms with Crippen LogP contribution in [-0.4, -0.2) is 34.5 Å². The van der Waals surface area contributed by atoms with Crippen LogP contribution in [0.25, 0.3) is 0 Å². The first-order valence-corrected chi connectivity index (χ1v) is 7.36.